The van der Waals surface area contributed by atoms with E-state index in [0.29, 0.717) is 17.9 Å². The molecule has 2 saturated heterocycles. The third-order valence-corrected chi connectivity index (χ3v) is 11.4. The highest BCUT2D eigenvalue weighted by Crippen LogP contribution is 2.51. The van der Waals surface area contributed by atoms with E-state index in [1.165, 1.54) is 57.3 Å². The fourth-order valence-electron chi connectivity index (χ4n) is 6.38. The molecule has 2 aliphatic heterocycles. The van der Waals surface area contributed by atoms with Gasteiger partial charge >= 0.3 is 0 Å². The minimum absolute atomic E-state index is 0.227. The monoisotopic (exact) mass is 432 g/mol. The number of fused-ring (bicyclic) bond motifs is 1. The van der Waals surface area contributed by atoms with Crippen molar-refractivity contribution in [2.75, 3.05) is 18.5 Å². The number of rotatable bonds is 7. The summed E-state index contributed by atoms with van der Waals surface area (Å²) in [5.41, 5.74) is 1.32. The second kappa shape index (κ2) is 9.98. The van der Waals surface area contributed by atoms with Gasteiger partial charge in [-0.25, -0.2) is 0 Å². The Morgan fingerprint density at radius 2 is 1.74 bits per heavy atom. The van der Waals surface area contributed by atoms with Crippen molar-refractivity contribution >= 4 is 26.4 Å². The minimum atomic E-state index is -0.541. The van der Waals surface area contributed by atoms with Crippen LogP contribution in [0.5, 0.6) is 0 Å². The highest BCUT2D eigenvalue weighted by Gasteiger charge is 2.46. The van der Waals surface area contributed by atoms with Gasteiger partial charge in [0.1, 0.15) is 0 Å². The maximum atomic E-state index is 9.87. The number of ether oxygens (including phenoxy) is 2. The van der Waals surface area contributed by atoms with Crippen LogP contribution in [0.25, 0.3) is 0 Å². The predicted octanol–water partition coefficient (Wildman–Crippen LogP) is 4.46. The lowest BCUT2D eigenvalue weighted by Gasteiger charge is -2.32. The molecule has 0 amide bonds. The summed E-state index contributed by atoms with van der Waals surface area (Å²) in [6, 6.07) is 0. The van der Waals surface area contributed by atoms with Gasteiger partial charge in [0.2, 0.25) is 0 Å². The fourth-order valence-corrected chi connectivity index (χ4v) is 10.5. The Hall–Kier alpha value is 1.17. The molecular formula is C21H39O3P3. The molecule has 4 aliphatic rings. The van der Waals surface area contributed by atoms with E-state index in [9.17, 15) is 5.11 Å². The molecule has 2 aliphatic carbocycles. The van der Waals surface area contributed by atoms with Crippen LogP contribution >= 0.6 is 26.4 Å². The molecule has 2 heterocycles. The first-order valence-electron chi connectivity index (χ1n) is 11.3. The van der Waals surface area contributed by atoms with Crippen molar-refractivity contribution in [2.45, 2.75) is 94.2 Å². The SMILES string of the molecule is CCPC1CC(C2CCC3CCCCC32)OC1CPC1CC(O)OC1CP. The second-order valence-electron chi connectivity index (χ2n) is 9.18. The summed E-state index contributed by atoms with van der Waals surface area (Å²) in [6.07, 6.45) is 15.0. The van der Waals surface area contributed by atoms with Crippen LogP contribution in [0.4, 0.5) is 0 Å². The van der Waals surface area contributed by atoms with Crippen molar-refractivity contribution in [3.05, 3.63) is 0 Å². The fraction of sp³-hybridized carbons (Fsp3) is 1.00. The quantitative estimate of drug-likeness (QED) is 0.604. The van der Waals surface area contributed by atoms with Gasteiger partial charge in [-0.15, -0.1) is 26.4 Å². The molecule has 0 bridgehead atoms. The van der Waals surface area contributed by atoms with Crippen LogP contribution in [0.3, 0.4) is 0 Å². The van der Waals surface area contributed by atoms with Crippen LogP contribution in [-0.4, -0.2) is 59.5 Å². The number of aliphatic hydroxyl groups excluding tert-OH is 1. The van der Waals surface area contributed by atoms with E-state index in [-0.39, 0.29) is 6.10 Å². The van der Waals surface area contributed by atoms with Crippen LogP contribution in [-0.2, 0) is 9.47 Å². The zero-order chi connectivity index (χ0) is 18.8. The molecule has 3 nitrogen and oxygen atoms in total. The van der Waals surface area contributed by atoms with E-state index in [4.69, 9.17) is 9.47 Å². The van der Waals surface area contributed by atoms with Crippen LogP contribution in [0.1, 0.15) is 58.3 Å². The van der Waals surface area contributed by atoms with E-state index in [1.54, 1.807) is 0 Å². The van der Waals surface area contributed by atoms with E-state index >= 15 is 0 Å². The van der Waals surface area contributed by atoms with Gasteiger partial charge in [0.05, 0.1) is 18.3 Å². The molecule has 6 heteroatoms. The van der Waals surface area contributed by atoms with Crippen molar-refractivity contribution < 1.29 is 14.6 Å². The Bertz CT molecular complexity index is 480. The van der Waals surface area contributed by atoms with E-state index in [2.05, 4.69) is 16.2 Å². The normalized spacial score (nSPS) is 48.3. The lowest BCUT2D eigenvalue weighted by atomic mass is 9.76. The standard InChI is InChI=1S/C21H39O3P3/c1-2-26-19-9-16(15-8-7-13-5-3-4-6-14(13)15)23-18(19)12-27-20-10-21(22)24-17(20)11-25/h13-22,26-27H,2-12,25H2,1H3. The summed E-state index contributed by atoms with van der Waals surface area (Å²) < 4.78 is 12.5. The molecular weight excluding hydrogens is 393 g/mol. The molecule has 0 spiro atoms. The topological polar surface area (TPSA) is 38.7 Å². The highest BCUT2D eigenvalue weighted by atomic mass is 31.1. The van der Waals surface area contributed by atoms with Gasteiger partial charge < -0.3 is 14.6 Å². The molecule has 0 aromatic carbocycles. The Balaban J connectivity index is 1.34. The molecule has 4 fully saturated rings. The lowest BCUT2D eigenvalue weighted by molar-refractivity contribution is -0.0836. The van der Waals surface area contributed by atoms with Crippen molar-refractivity contribution in [1.29, 1.82) is 0 Å². The summed E-state index contributed by atoms with van der Waals surface area (Å²) in [7, 11) is 4.72. The van der Waals surface area contributed by atoms with Gasteiger partial charge in [0, 0.05) is 17.7 Å². The lowest BCUT2D eigenvalue weighted by Crippen LogP contribution is -2.29. The van der Waals surface area contributed by atoms with Crippen molar-refractivity contribution in [1.82, 2.24) is 0 Å². The second-order valence-corrected chi connectivity index (χ2v) is 13.1. The summed E-state index contributed by atoms with van der Waals surface area (Å²) in [5.74, 6) is 2.83. The largest absolute Gasteiger partial charge is 0.374 e. The molecule has 1 N–H and O–H groups in total. The maximum absolute atomic E-state index is 9.87. The van der Waals surface area contributed by atoms with Crippen molar-refractivity contribution in [2.24, 2.45) is 17.8 Å². The van der Waals surface area contributed by atoms with Gasteiger partial charge in [0.25, 0.3) is 0 Å². The molecule has 0 aromatic rings. The maximum Gasteiger partial charge on any atom is 0.155 e. The van der Waals surface area contributed by atoms with Crippen LogP contribution in [0.2, 0.25) is 0 Å². The Kier molecular flexibility index (Phi) is 7.92. The van der Waals surface area contributed by atoms with Crippen molar-refractivity contribution in [3.8, 4) is 0 Å². The molecule has 27 heavy (non-hydrogen) atoms. The summed E-state index contributed by atoms with van der Waals surface area (Å²) in [4.78, 5) is 0. The summed E-state index contributed by atoms with van der Waals surface area (Å²) in [5, 5.41) is 9.87. The highest BCUT2D eigenvalue weighted by molar-refractivity contribution is 7.40. The molecule has 156 valence electrons. The van der Waals surface area contributed by atoms with Gasteiger partial charge in [-0.2, -0.15) is 0 Å². The molecule has 4 rings (SSSR count). The Morgan fingerprint density at radius 1 is 0.926 bits per heavy atom. The third-order valence-electron chi connectivity index (χ3n) is 7.67. The molecule has 2 saturated carbocycles. The zero-order valence-electron chi connectivity index (χ0n) is 16.8. The average Bonchev–Trinajstić information content (AvgIpc) is 3.36. The van der Waals surface area contributed by atoms with Crippen molar-refractivity contribution in [3.63, 3.8) is 0 Å². The Labute approximate surface area is 171 Å². The summed E-state index contributed by atoms with van der Waals surface area (Å²) in [6.45, 7) is 2.34. The van der Waals surface area contributed by atoms with E-state index < -0.39 is 6.29 Å². The van der Waals surface area contributed by atoms with Gasteiger partial charge in [-0.05, 0) is 61.9 Å². The minimum Gasteiger partial charge on any atom is -0.374 e. The molecule has 0 radical (unpaired) electrons. The number of hydrogen-bond donors (Lipinski definition) is 1. The zero-order valence-corrected chi connectivity index (χ0v) is 20.0. The first-order valence-corrected chi connectivity index (χ1v) is 14.7. The third kappa shape index (κ3) is 4.92. The van der Waals surface area contributed by atoms with E-state index in [1.807, 2.05) is 0 Å². The first kappa shape index (κ1) is 21.4. The predicted molar refractivity (Wildman–Crippen MR) is 121 cm³/mol. The average molecular weight is 432 g/mol. The van der Waals surface area contributed by atoms with Gasteiger partial charge in [-0.3, -0.25) is 0 Å². The molecule has 12 unspecified atom stereocenters. The number of hydrogen-bond acceptors (Lipinski definition) is 3. The van der Waals surface area contributed by atoms with E-state index in [0.717, 1.165) is 53.2 Å². The smallest absolute Gasteiger partial charge is 0.155 e. The van der Waals surface area contributed by atoms with Crippen LogP contribution < -0.4 is 0 Å². The van der Waals surface area contributed by atoms with Gasteiger partial charge in [-0.1, -0.05) is 26.2 Å². The number of aliphatic hydroxyl groups is 1. The first-order chi connectivity index (χ1) is 13.2. The molecule has 12 atom stereocenters. The Morgan fingerprint density at radius 3 is 2.56 bits per heavy atom. The molecule has 0 aromatic heterocycles. The van der Waals surface area contributed by atoms with Gasteiger partial charge in [0.15, 0.2) is 6.29 Å². The van der Waals surface area contributed by atoms with Crippen LogP contribution in [0.15, 0.2) is 0 Å². The summed E-state index contributed by atoms with van der Waals surface area (Å²) >= 11 is 0. The van der Waals surface area contributed by atoms with Crippen LogP contribution in [0, 0.1) is 17.8 Å².